The fourth-order valence-corrected chi connectivity index (χ4v) is 3.67. The van der Waals surface area contributed by atoms with Crippen LogP contribution < -0.4 is 10.6 Å². The number of rotatable bonds is 6. The molecule has 1 aliphatic heterocycles. The van der Waals surface area contributed by atoms with Gasteiger partial charge in [-0.2, -0.15) is 0 Å². The van der Waals surface area contributed by atoms with E-state index >= 15 is 0 Å². The molecule has 3 rings (SSSR count). The van der Waals surface area contributed by atoms with Crippen molar-refractivity contribution >= 4 is 16.9 Å². The maximum atomic E-state index is 5.98. The van der Waals surface area contributed by atoms with Crippen molar-refractivity contribution < 1.29 is 4.42 Å². The minimum atomic E-state index is 0.482. The molecule has 1 aliphatic rings. The van der Waals surface area contributed by atoms with E-state index in [1.165, 1.54) is 24.0 Å². The van der Waals surface area contributed by atoms with Crippen molar-refractivity contribution in [2.75, 3.05) is 46.3 Å². The minimum Gasteiger partial charge on any atom is -0.459 e. The van der Waals surface area contributed by atoms with Crippen molar-refractivity contribution in [3.8, 4) is 0 Å². The monoisotopic (exact) mass is 371 g/mol. The Hall–Kier alpha value is -2.05. The van der Waals surface area contributed by atoms with Crippen LogP contribution in [0.25, 0.3) is 11.0 Å². The van der Waals surface area contributed by atoms with Crippen LogP contribution in [0.5, 0.6) is 0 Å². The molecule has 2 aromatic rings. The third-order valence-corrected chi connectivity index (χ3v) is 5.62. The number of aliphatic imine (C=N–C) groups is 1. The van der Waals surface area contributed by atoms with Crippen LogP contribution in [0.15, 0.2) is 33.7 Å². The number of fused-ring (bicyclic) bond motifs is 1. The maximum Gasteiger partial charge on any atom is 0.191 e. The second kappa shape index (κ2) is 9.24. The van der Waals surface area contributed by atoms with Gasteiger partial charge in [-0.3, -0.25) is 9.89 Å². The quantitative estimate of drug-likeness (QED) is 0.603. The molecule has 1 fully saturated rings. The Morgan fingerprint density at radius 1 is 1.19 bits per heavy atom. The lowest BCUT2D eigenvalue weighted by atomic mass is 10.1. The summed E-state index contributed by atoms with van der Waals surface area (Å²) in [5.41, 5.74) is 2.13. The van der Waals surface area contributed by atoms with Crippen LogP contribution in [0, 0.1) is 6.92 Å². The van der Waals surface area contributed by atoms with E-state index in [0.29, 0.717) is 12.6 Å². The largest absolute Gasteiger partial charge is 0.459 e. The Bertz CT molecular complexity index is 761. The average Bonchev–Trinajstić information content (AvgIpc) is 3.04. The number of furan rings is 1. The van der Waals surface area contributed by atoms with Crippen molar-refractivity contribution in [2.24, 2.45) is 4.99 Å². The predicted molar refractivity (Wildman–Crippen MR) is 112 cm³/mol. The fraction of sp³-hybridized carbons (Fsp3) is 0.571. The van der Waals surface area contributed by atoms with Crippen molar-refractivity contribution in [2.45, 2.75) is 33.4 Å². The van der Waals surface area contributed by atoms with Crippen LogP contribution >= 0.6 is 0 Å². The van der Waals surface area contributed by atoms with Crippen LogP contribution in [-0.4, -0.2) is 68.1 Å². The zero-order valence-electron chi connectivity index (χ0n) is 17.1. The van der Waals surface area contributed by atoms with Gasteiger partial charge in [0, 0.05) is 56.8 Å². The molecule has 0 amide bonds. The molecule has 2 N–H and O–H groups in total. The minimum absolute atomic E-state index is 0.482. The maximum absolute atomic E-state index is 5.98. The Morgan fingerprint density at radius 2 is 1.93 bits per heavy atom. The molecule has 1 aromatic carbocycles. The highest BCUT2D eigenvalue weighted by atomic mass is 16.3. The molecule has 148 valence electrons. The molecule has 0 saturated carbocycles. The third kappa shape index (κ3) is 4.82. The first-order valence-electron chi connectivity index (χ1n) is 10.00. The molecular weight excluding hydrogens is 338 g/mol. The summed E-state index contributed by atoms with van der Waals surface area (Å²) >= 11 is 0. The van der Waals surface area contributed by atoms with E-state index < -0.39 is 0 Å². The summed E-state index contributed by atoms with van der Waals surface area (Å²) in [4.78, 5) is 9.41. The number of hydrogen-bond donors (Lipinski definition) is 2. The number of piperazine rings is 1. The van der Waals surface area contributed by atoms with E-state index in [-0.39, 0.29) is 0 Å². The Balaban J connectivity index is 1.48. The van der Waals surface area contributed by atoms with E-state index in [4.69, 9.17) is 4.42 Å². The van der Waals surface area contributed by atoms with Gasteiger partial charge >= 0.3 is 0 Å². The van der Waals surface area contributed by atoms with E-state index in [9.17, 15) is 0 Å². The molecule has 6 heteroatoms. The Labute approximate surface area is 162 Å². The second-order valence-electron chi connectivity index (χ2n) is 7.27. The average molecular weight is 372 g/mol. The smallest absolute Gasteiger partial charge is 0.191 e. The summed E-state index contributed by atoms with van der Waals surface area (Å²) in [6.45, 7) is 13.9. The van der Waals surface area contributed by atoms with Gasteiger partial charge in [-0.25, -0.2) is 0 Å². The van der Waals surface area contributed by atoms with E-state index in [2.05, 4.69) is 52.3 Å². The summed E-state index contributed by atoms with van der Waals surface area (Å²) in [7, 11) is 1.81. The fourth-order valence-electron chi connectivity index (χ4n) is 3.67. The summed E-state index contributed by atoms with van der Waals surface area (Å²) in [6, 6.07) is 8.65. The number of likely N-dealkylation sites (N-methyl/N-ethyl adjacent to an activating group) is 1. The normalized spacial score (nSPS) is 18.0. The topological polar surface area (TPSA) is 56.0 Å². The van der Waals surface area contributed by atoms with Gasteiger partial charge in [0.25, 0.3) is 0 Å². The van der Waals surface area contributed by atoms with E-state index in [0.717, 1.165) is 43.5 Å². The molecule has 0 spiro atoms. The summed E-state index contributed by atoms with van der Waals surface area (Å²) in [5.74, 6) is 1.77. The number of aryl methyl sites for hydroxylation is 1. The second-order valence-corrected chi connectivity index (χ2v) is 7.27. The highest BCUT2D eigenvalue weighted by Gasteiger charge is 2.20. The van der Waals surface area contributed by atoms with Gasteiger partial charge in [0.2, 0.25) is 0 Å². The lowest BCUT2D eigenvalue weighted by Gasteiger charge is -2.37. The van der Waals surface area contributed by atoms with Gasteiger partial charge in [-0.15, -0.1) is 0 Å². The molecule has 27 heavy (non-hydrogen) atoms. The number of nitrogens with one attached hydrogen (secondary N) is 2. The van der Waals surface area contributed by atoms with Gasteiger partial charge in [0.05, 0.1) is 6.54 Å². The molecule has 1 unspecified atom stereocenters. The van der Waals surface area contributed by atoms with Gasteiger partial charge in [-0.1, -0.05) is 25.1 Å². The van der Waals surface area contributed by atoms with E-state index in [1.807, 2.05) is 25.2 Å². The molecule has 0 radical (unpaired) electrons. The lowest BCUT2D eigenvalue weighted by Crippen LogP contribution is -2.53. The van der Waals surface area contributed by atoms with E-state index in [1.54, 1.807) is 0 Å². The number of hydrogen-bond acceptors (Lipinski definition) is 4. The van der Waals surface area contributed by atoms with Crippen LogP contribution in [-0.2, 0) is 6.54 Å². The van der Waals surface area contributed by atoms with Crippen molar-refractivity contribution in [3.05, 3.63) is 35.6 Å². The van der Waals surface area contributed by atoms with Crippen LogP contribution in [0.3, 0.4) is 0 Å². The molecule has 2 heterocycles. The standard InChI is InChI=1S/C21H33N5O/c1-5-25-10-12-26(13-11-25)16(2)14-23-21(22-4)24-15-20-17(3)18-8-6-7-9-19(18)27-20/h6-9,16H,5,10-15H2,1-4H3,(H2,22,23,24). The third-order valence-electron chi connectivity index (χ3n) is 5.62. The summed E-state index contributed by atoms with van der Waals surface area (Å²) in [5, 5.41) is 8.02. The zero-order chi connectivity index (χ0) is 19.2. The number of nitrogens with zero attached hydrogens (tertiary/aromatic N) is 3. The van der Waals surface area contributed by atoms with Crippen LogP contribution in [0.2, 0.25) is 0 Å². The molecule has 6 nitrogen and oxygen atoms in total. The van der Waals surface area contributed by atoms with Crippen LogP contribution in [0.1, 0.15) is 25.2 Å². The van der Waals surface area contributed by atoms with Crippen molar-refractivity contribution in [1.82, 2.24) is 20.4 Å². The first-order valence-corrected chi connectivity index (χ1v) is 10.00. The van der Waals surface area contributed by atoms with Crippen molar-refractivity contribution in [1.29, 1.82) is 0 Å². The number of benzene rings is 1. The molecule has 1 atom stereocenters. The molecule has 0 aliphatic carbocycles. The number of para-hydroxylation sites is 1. The van der Waals surface area contributed by atoms with Crippen LogP contribution in [0.4, 0.5) is 0 Å². The molecule has 0 bridgehead atoms. The molecular formula is C21H33N5O. The first-order chi connectivity index (χ1) is 13.1. The Morgan fingerprint density at radius 3 is 2.59 bits per heavy atom. The molecule has 1 aromatic heterocycles. The number of guanidine groups is 1. The Kier molecular flexibility index (Phi) is 6.74. The summed E-state index contributed by atoms with van der Waals surface area (Å²) < 4.78 is 5.98. The predicted octanol–water partition coefficient (Wildman–Crippen LogP) is 2.43. The van der Waals surface area contributed by atoms with Gasteiger partial charge in [-0.05, 0) is 26.5 Å². The van der Waals surface area contributed by atoms with Gasteiger partial charge in [0.1, 0.15) is 11.3 Å². The van der Waals surface area contributed by atoms with Gasteiger partial charge < -0.3 is 20.0 Å². The highest BCUT2D eigenvalue weighted by molar-refractivity contribution is 5.82. The molecule has 1 saturated heterocycles. The van der Waals surface area contributed by atoms with Crippen molar-refractivity contribution in [3.63, 3.8) is 0 Å². The highest BCUT2D eigenvalue weighted by Crippen LogP contribution is 2.24. The summed E-state index contributed by atoms with van der Waals surface area (Å²) in [6.07, 6.45) is 0. The lowest BCUT2D eigenvalue weighted by molar-refractivity contribution is 0.107. The van der Waals surface area contributed by atoms with Gasteiger partial charge in [0.15, 0.2) is 5.96 Å². The SMILES string of the molecule is CCN1CCN(C(C)CNC(=NC)NCc2oc3ccccc3c2C)CC1. The first kappa shape index (κ1) is 19.7. The zero-order valence-corrected chi connectivity index (χ0v) is 17.1.